The molecule has 0 fully saturated rings. The number of amides is 1. The maximum Gasteiger partial charge on any atom is 0.294 e. The summed E-state index contributed by atoms with van der Waals surface area (Å²) in [7, 11) is 0. The Labute approximate surface area is 189 Å². The van der Waals surface area contributed by atoms with E-state index in [4.69, 9.17) is 15.2 Å². The van der Waals surface area contributed by atoms with Gasteiger partial charge in [-0.2, -0.15) is 0 Å². The zero-order valence-corrected chi connectivity index (χ0v) is 18.8. The van der Waals surface area contributed by atoms with Gasteiger partial charge in [-0.25, -0.2) is 0 Å². The summed E-state index contributed by atoms with van der Waals surface area (Å²) in [6.07, 6.45) is 1.74. The van der Waals surface area contributed by atoms with Gasteiger partial charge in [0.1, 0.15) is 5.69 Å². The van der Waals surface area contributed by atoms with Crippen LogP contribution in [0, 0.1) is 10.1 Å². The third-order valence-corrected chi connectivity index (χ3v) is 4.20. The van der Waals surface area contributed by atoms with Crippen LogP contribution in [0.2, 0.25) is 0 Å². The number of nitrogens with one attached hydrogen (secondary N) is 2. The van der Waals surface area contributed by atoms with Crippen LogP contribution in [0.15, 0.2) is 54.6 Å². The van der Waals surface area contributed by atoms with Crippen molar-refractivity contribution in [1.82, 2.24) is 5.32 Å². The number of hydrogen-bond donors (Lipinski definition) is 3. The second kappa shape index (κ2) is 16.7. The molecule has 32 heavy (non-hydrogen) atoms. The van der Waals surface area contributed by atoms with Crippen LogP contribution in [-0.2, 0) is 14.3 Å². The van der Waals surface area contributed by atoms with Crippen LogP contribution in [0.1, 0.15) is 33.1 Å². The van der Waals surface area contributed by atoms with Crippen LogP contribution in [0.25, 0.3) is 0 Å². The van der Waals surface area contributed by atoms with E-state index in [1.807, 2.05) is 50.2 Å². The van der Waals surface area contributed by atoms with E-state index in [-0.39, 0.29) is 30.0 Å². The Morgan fingerprint density at radius 3 is 2.19 bits per heavy atom. The molecule has 176 valence electrons. The Bertz CT molecular complexity index is 757. The van der Waals surface area contributed by atoms with E-state index in [1.54, 1.807) is 0 Å². The van der Waals surface area contributed by atoms with Gasteiger partial charge in [-0.05, 0) is 45.4 Å². The number of nitro groups is 1. The molecule has 9 heteroatoms. The van der Waals surface area contributed by atoms with Gasteiger partial charge in [0, 0.05) is 37.9 Å². The topological polar surface area (TPSA) is 129 Å². The van der Waals surface area contributed by atoms with E-state index < -0.39 is 4.92 Å². The molecule has 0 saturated heterocycles. The van der Waals surface area contributed by atoms with Crippen molar-refractivity contribution in [2.24, 2.45) is 0 Å². The van der Waals surface area contributed by atoms with E-state index in [9.17, 15) is 14.9 Å². The first-order chi connectivity index (χ1) is 15.5. The first-order valence-corrected chi connectivity index (χ1v) is 10.8. The highest BCUT2D eigenvalue weighted by molar-refractivity contribution is 5.91. The van der Waals surface area contributed by atoms with Crippen molar-refractivity contribution < 1.29 is 19.2 Å². The lowest BCUT2D eigenvalue weighted by molar-refractivity contribution is -0.383. The van der Waals surface area contributed by atoms with Crippen molar-refractivity contribution in [3.63, 3.8) is 0 Å². The Morgan fingerprint density at radius 2 is 1.66 bits per heavy atom. The summed E-state index contributed by atoms with van der Waals surface area (Å²) in [4.78, 5) is 22.2. The van der Waals surface area contributed by atoms with Gasteiger partial charge < -0.3 is 25.8 Å². The molecule has 9 nitrogen and oxygen atoms in total. The molecule has 0 saturated carbocycles. The van der Waals surface area contributed by atoms with Crippen molar-refractivity contribution in [2.45, 2.75) is 39.4 Å². The van der Waals surface area contributed by atoms with Crippen LogP contribution in [0.5, 0.6) is 0 Å². The van der Waals surface area contributed by atoms with Crippen molar-refractivity contribution in [3.8, 4) is 0 Å². The lowest BCUT2D eigenvalue weighted by Crippen LogP contribution is -2.24. The molecule has 0 unspecified atom stereocenters. The van der Waals surface area contributed by atoms with Gasteiger partial charge in [0.2, 0.25) is 5.91 Å². The number of anilines is 2. The highest BCUT2D eigenvalue weighted by atomic mass is 16.7. The van der Waals surface area contributed by atoms with E-state index in [1.165, 1.54) is 18.2 Å². The summed E-state index contributed by atoms with van der Waals surface area (Å²) >= 11 is 0. The second-order valence-corrected chi connectivity index (χ2v) is 6.72. The first-order valence-electron chi connectivity index (χ1n) is 10.8. The lowest BCUT2D eigenvalue weighted by Gasteiger charge is -2.16. The Kier molecular flexibility index (Phi) is 14.1. The van der Waals surface area contributed by atoms with Gasteiger partial charge in [-0.3, -0.25) is 14.9 Å². The standard InChI is InChI=1S/C17H28N4O5.C6H6/c1-3-25-17(26-4-2)6-5-10-19-11-9-16(22)20-13-7-8-14(18)15(12-13)21(23)24;1-2-4-6-5-3-1/h7-8,12,17,19H,3-6,9-11,18H2,1-2H3,(H,20,22);1-6H. The quantitative estimate of drug-likeness (QED) is 0.140. The zero-order valence-electron chi connectivity index (χ0n) is 18.8. The minimum Gasteiger partial charge on any atom is -0.393 e. The first kappa shape index (κ1) is 27.0. The molecule has 0 heterocycles. The fourth-order valence-corrected chi connectivity index (χ4v) is 2.70. The molecule has 0 aliphatic heterocycles. The second-order valence-electron chi connectivity index (χ2n) is 6.72. The Hall–Kier alpha value is -3.01. The van der Waals surface area contributed by atoms with Gasteiger partial charge >= 0.3 is 0 Å². The number of carbonyl (C=O) groups excluding carboxylic acids is 1. The minimum absolute atomic E-state index is 0.0621. The van der Waals surface area contributed by atoms with Crippen LogP contribution in [0.3, 0.4) is 0 Å². The molecule has 0 bridgehead atoms. The van der Waals surface area contributed by atoms with Crippen molar-refractivity contribution in [1.29, 1.82) is 0 Å². The van der Waals surface area contributed by atoms with Crippen LogP contribution in [0.4, 0.5) is 17.1 Å². The molecule has 1 amide bonds. The monoisotopic (exact) mass is 446 g/mol. The number of nitrogens with two attached hydrogens (primary N) is 1. The fraction of sp³-hybridized carbons (Fsp3) is 0.435. The maximum atomic E-state index is 11.9. The fourth-order valence-electron chi connectivity index (χ4n) is 2.70. The molecule has 4 N–H and O–H groups in total. The van der Waals surface area contributed by atoms with Crippen LogP contribution < -0.4 is 16.4 Å². The molecule has 2 aromatic rings. The summed E-state index contributed by atoms with van der Waals surface area (Å²) in [5, 5.41) is 16.7. The molecule has 2 rings (SSSR count). The molecule has 0 aliphatic carbocycles. The Balaban J connectivity index is 0.000000730. The summed E-state index contributed by atoms with van der Waals surface area (Å²) in [5.41, 5.74) is 5.72. The van der Waals surface area contributed by atoms with E-state index >= 15 is 0 Å². The van der Waals surface area contributed by atoms with Gasteiger partial charge in [-0.1, -0.05) is 36.4 Å². The number of benzene rings is 2. The van der Waals surface area contributed by atoms with Crippen molar-refractivity contribution >= 4 is 23.0 Å². The van der Waals surface area contributed by atoms with Gasteiger partial charge in [0.15, 0.2) is 6.29 Å². The number of hydrogen-bond acceptors (Lipinski definition) is 7. The molecule has 0 radical (unpaired) electrons. The number of rotatable bonds is 13. The highest BCUT2D eigenvalue weighted by Crippen LogP contribution is 2.24. The number of nitro benzene ring substituents is 1. The van der Waals surface area contributed by atoms with E-state index in [2.05, 4.69) is 10.6 Å². The predicted molar refractivity (Wildman–Crippen MR) is 126 cm³/mol. The summed E-state index contributed by atoms with van der Waals surface area (Å²) in [6, 6.07) is 16.2. The van der Waals surface area contributed by atoms with Gasteiger partial charge in [0.05, 0.1) is 4.92 Å². The smallest absolute Gasteiger partial charge is 0.294 e. The Morgan fingerprint density at radius 1 is 1.06 bits per heavy atom. The van der Waals surface area contributed by atoms with Crippen molar-refractivity contribution in [3.05, 3.63) is 64.7 Å². The lowest BCUT2D eigenvalue weighted by atomic mass is 10.2. The van der Waals surface area contributed by atoms with Crippen LogP contribution >= 0.6 is 0 Å². The number of nitrogens with zero attached hydrogens (tertiary/aromatic N) is 1. The number of nitrogen functional groups attached to an aromatic ring is 1. The largest absolute Gasteiger partial charge is 0.393 e. The minimum atomic E-state index is -0.579. The van der Waals surface area contributed by atoms with Gasteiger partial charge in [0.25, 0.3) is 5.69 Å². The maximum absolute atomic E-state index is 11.9. The third-order valence-electron chi connectivity index (χ3n) is 4.20. The zero-order chi connectivity index (χ0) is 23.6. The van der Waals surface area contributed by atoms with Gasteiger partial charge in [-0.15, -0.1) is 0 Å². The molecule has 0 spiro atoms. The van der Waals surface area contributed by atoms with E-state index in [0.29, 0.717) is 25.4 Å². The molecule has 0 aliphatic rings. The average molecular weight is 447 g/mol. The normalized spacial score (nSPS) is 10.3. The average Bonchev–Trinajstić information content (AvgIpc) is 2.79. The summed E-state index contributed by atoms with van der Waals surface area (Å²) in [6.45, 7) is 6.34. The summed E-state index contributed by atoms with van der Waals surface area (Å²) in [5.74, 6) is -0.224. The molecule has 2 aromatic carbocycles. The number of ether oxygens (including phenoxy) is 2. The van der Waals surface area contributed by atoms with Crippen LogP contribution in [-0.4, -0.2) is 43.4 Å². The van der Waals surface area contributed by atoms with E-state index in [0.717, 1.165) is 19.4 Å². The third kappa shape index (κ3) is 12.0. The highest BCUT2D eigenvalue weighted by Gasteiger charge is 2.13. The summed E-state index contributed by atoms with van der Waals surface area (Å²) < 4.78 is 10.9. The molecular weight excluding hydrogens is 412 g/mol. The van der Waals surface area contributed by atoms with Crippen molar-refractivity contribution in [2.75, 3.05) is 37.4 Å². The molecule has 0 atom stereocenters. The predicted octanol–water partition coefficient (Wildman–Crippen LogP) is 3.96. The SMILES string of the molecule is CCOC(CCCNCCC(=O)Nc1ccc(N)c([N+](=O)[O-])c1)OCC.c1ccccc1. The number of carbonyl (C=O) groups is 1. The molecule has 0 aromatic heterocycles. The molecular formula is C23H34N4O5.